The molecule has 9 heteroatoms. The van der Waals surface area contributed by atoms with Crippen molar-refractivity contribution in [2.75, 3.05) is 31.1 Å². The molecule has 2 aromatic heterocycles. The molecule has 0 radical (unpaired) electrons. The average molecular weight is 449 g/mol. The van der Waals surface area contributed by atoms with Gasteiger partial charge in [-0.05, 0) is 31.0 Å². The van der Waals surface area contributed by atoms with Crippen molar-refractivity contribution in [3.63, 3.8) is 0 Å². The molecule has 0 unspecified atom stereocenters. The fourth-order valence-electron chi connectivity index (χ4n) is 4.06. The van der Waals surface area contributed by atoms with E-state index in [1.54, 1.807) is 14.9 Å². The maximum Gasteiger partial charge on any atom is 0.254 e. The van der Waals surface area contributed by atoms with E-state index in [1.807, 2.05) is 62.4 Å². The Labute approximate surface area is 187 Å². The van der Waals surface area contributed by atoms with E-state index in [-0.39, 0.29) is 0 Å². The van der Waals surface area contributed by atoms with Crippen LogP contribution < -0.4 is 4.90 Å². The summed E-state index contributed by atoms with van der Waals surface area (Å²) in [6, 6.07) is 17.5. The molecule has 1 saturated heterocycles. The lowest BCUT2D eigenvalue weighted by atomic mass is 10.1. The molecule has 164 valence electrons. The molecule has 1 aliphatic rings. The number of nitrogens with zero attached hydrogens (tertiary/aromatic N) is 6. The topological polar surface area (TPSA) is 83.7 Å². The number of hydrogen-bond acceptors (Lipinski definition) is 6. The van der Waals surface area contributed by atoms with Gasteiger partial charge in [-0.1, -0.05) is 42.5 Å². The third kappa shape index (κ3) is 3.63. The smallest absolute Gasteiger partial charge is 0.254 e. The number of anilines is 1. The highest BCUT2D eigenvalue weighted by molar-refractivity contribution is 7.89. The minimum Gasteiger partial charge on any atom is -0.354 e. The Morgan fingerprint density at radius 2 is 1.66 bits per heavy atom. The molecule has 32 heavy (non-hydrogen) atoms. The summed E-state index contributed by atoms with van der Waals surface area (Å²) in [4.78, 5) is 11.4. The fourth-order valence-corrected chi connectivity index (χ4v) is 5.79. The molecule has 5 rings (SSSR count). The Morgan fingerprint density at radius 3 is 2.41 bits per heavy atom. The van der Waals surface area contributed by atoms with E-state index in [0.717, 1.165) is 28.2 Å². The maximum atomic E-state index is 13.3. The summed E-state index contributed by atoms with van der Waals surface area (Å²) >= 11 is 0. The maximum absolute atomic E-state index is 13.3. The number of aromatic nitrogens is 4. The lowest BCUT2D eigenvalue weighted by Gasteiger charge is -2.35. The third-order valence-corrected chi connectivity index (χ3v) is 7.87. The molecule has 4 aromatic rings. The van der Waals surface area contributed by atoms with E-state index in [0.29, 0.717) is 36.9 Å². The van der Waals surface area contributed by atoms with Crippen LogP contribution in [0.25, 0.3) is 17.0 Å². The second-order valence-corrected chi connectivity index (χ2v) is 9.90. The van der Waals surface area contributed by atoms with E-state index in [4.69, 9.17) is 0 Å². The van der Waals surface area contributed by atoms with Crippen LogP contribution in [-0.2, 0) is 10.0 Å². The summed E-state index contributed by atoms with van der Waals surface area (Å²) < 4.78 is 29.8. The molecule has 0 spiro atoms. The van der Waals surface area contributed by atoms with Crippen molar-refractivity contribution in [1.29, 1.82) is 0 Å². The van der Waals surface area contributed by atoms with Gasteiger partial charge in [-0.15, -0.1) is 0 Å². The van der Waals surface area contributed by atoms with Gasteiger partial charge in [-0.25, -0.2) is 13.4 Å². The predicted octanol–water partition coefficient (Wildman–Crippen LogP) is 2.92. The van der Waals surface area contributed by atoms with Crippen LogP contribution >= 0.6 is 0 Å². The molecule has 0 aliphatic carbocycles. The molecule has 0 saturated carbocycles. The van der Waals surface area contributed by atoms with Gasteiger partial charge in [0.2, 0.25) is 10.0 Å². The lowest BCUT2D eigenvalue weighted by Crippen LogP contribution is -2.49. The van der Waals surface area contributed by atoms with Crippen LogP contribution in [0, 0.1) is 13.8 Å². The van der Waals surface area contributed by atoms with Crippen LogP contribution in [-0.4, -0.2) is 58.5 Å². The molecule has 0 bridgehead atoms. The lowest BCUT2D eigenvalue weighted by molar-refractivity contribution is 0.382. The van der Waals surface area contributed by atoms with Gasteiger partial charge in [0, 0.05) is 37.8 Å². The van der Waals surface area contributed by atoms with Crippen LogP contribution in [0.4, 0.5) is 5.82 Å². The Kier molecular flexibility index (Phi) is 5.15. The molecular formula is C23H24N6O2S. The molecule has 2 aromatic carbocycles. The summed E-state index contributed by atoms with van der Waals surface area (Å²) in [6.07, 6.45) is 1.49. The highest BCUT2D eigenvalue weighted by Crippen LogP contribution is 2.27. The third-order valence-electron chi connectivity index (χ3n) is 5.83. The first-order valence-electron chi connectivity index (χ1n) is 10.5. The monoisotopic (exact) mass is 448 g/mol. The summed E-state index contributed by atoms with van der Waals surface area (Å²) in [5, 5.41) is 4.33. The van der Waals surface area contributed by atoms with Crippen molar-refractivity contribution < 1.29 is 8.42 Å². The van der Waals surface area contributed by atoms with Crippen LogP contribution in [0.15, 0.2) is 65.8 Å². The van der Waals surface area contributed by atoms with Gasteiger partial charge in [-0.2, -0.15) is 18.9 Å². The van der Waals surface area contributed by atoms with Gasteiger partial charge in [0.25, 0.3) is 5.78 Å². The van der Waals surface area contributed by atoms with Gasteiger partial charge in [0.15, 0.2) is 0 Å². The highest BCUT2D eigenvalue weighted by Gasteiger charge is 2.30. The Balaban J connectivity index is 1.43. The minimum atomic E-state index is -3.54. The van der Waals surface area contributed by atoms with Gasteiger partial charge in [0.05, 0.1) is 10.6 Å². The van der Waals surface area contributed by atoms with E-state index in [9.17, 15) is 8.42 Å². The zero-order valence-electron chi connectivity index (χ0n) is 18.0. The SMILES string of the molecule is Cc1ccc(C)c(S(=O)(=O)N2CCN(c3cc(-c4ccccc4)nc4ncnn34)CC2)c1. The number of rotatable bonds is 4. The molecule has 0 N–H and O–H groups in total. The van der Waals surface area contributed by atoms with Gasteiger partial charge >= 0.3 is 0 Å². The van der Waals surface area contributed by atoms with E-state index in [2.05, 4.69) is 20.0 Å². The molecule has 0 amide bonds. The summed E-state index contributed by atoms with van der Waals surface area (Å²) in [5.74, 6) is 1.38. The molecule has 1 aliphatic heterocycles. The first-order valence-corrected chi connectivity index (χ1v) is 12.0. The van der Waals surface area contributed by atoms with Crippen molar-refractivity contribution in [2.45, 2.75) is 18.7 Å². The Hall–Kier alpha value is -3.30. The number of hydrogen-bond donors (Lipinski definition) is 0. The fraction of sp³-hybridized carbons (Fsp3) is 0.261. The number of sulfonamides is 1. The van der Waals surface area contributed by atoms with E-state index in [1.165, 1.54) is 6.33 Å². The average Bonchev–Trinajstić information content (AvgIpc) is 3.29. The minimum absolute atomic E-state index is 0.389. The van der Waals surface area contributed by atoms with Crippen molar-refractivity contribution in [1.82, 2.24) is 23.9 Å². The molecular weight excluding hydrogens is 424 g/mol. The summed E-state index contributed by atoms with van der Waals surface area (Å²) in [7, 11) is -3.54. The van der Waals surface area contributed by atoms with Crippen LogP contribution in [0.3, 0.4) is 0 Å². The van der Waals surface area contributed by atoms with Crippen LogP contribution in [0.2, 0.25) is 0 Å². The van der Waals surface area contributed by atoms with Crippen LogP contribution in [0.1, 0.15) is 11.1 Å². The molecule has 3 heterocycles. The Bertz CT molecular complexity index is 1380. The van der Waals surface area contributed by atoms with Crippen molar-refractivity contribution in [3.05, 3.63) is 72.1 Å². The number of aryl methyl sites for hydroxylation is 2. The van der Waals surface area contributed by atoms with Crippen molar-refractivity contribution >= 4 is 21.6 Å². The molecule has 8 nitrogen and oxygen atoms in total. The predicted molar refractivity (Wildman–Crippen MR) is 123 cm³/mol. The van der Waals surface area contributed by atoms with Gasteiger partial charge in [-0.3, -0.25) is 0 Å². The van der Waals surface area contributed by atoms with Crippen molar-refractivity contribution in [2.24, 2.45) is 0 Å². The number of benzene rings is 2. The van der Waals surface area contributed by atoms with E-state index < -0.39 is 10.0 Å². The quantitative estimate of drug-likeness (QED) is 0.477. The number of fused-ring (bicyclic) bond motifs is 1. The summed E-state index contributed by atoms with van der Waals surface area (Å²) in [6.45, 7) is 5.65. The number of piperazine rings is 1. The van der Waals surface area contributed by atoms with Crippen LogP contribution in [0.5, 0.6) is 0 Å². The zero-order chi connectivity index (χ0) is 22.3. The first-order chi connectivity index (χ1) is 15.4. The van der Waals surface area contributed by atoms with Gasteiger partial charge in [0.1, 0.15) is 12.1 Å². The second kappa shape index (κ2) is 7.99. The molecule has 0 atom stereocenters. The molecule has 1 fully saturated rings. The second-order valence-electron chi connectivity index (χ2n) is 8.00. The van der Waals surface area contributed by atoms with Gasteiger partial charge < -0.3 is 4.90 Å². The normalized spacial score (nSPS) is 15.4. The standard InChI is InChI=1S/C23H24N6O2S/c1-17-8-9-18(2)21(14-17)32(30,31)28-12-10-27(11-13-28)22-15-20(19-6-4-3-5-7-19)26-23-24-16-25-29(22)23/h3-9,14-16H,10-13H2,1-2H3. The van der Waals surface area contributed by atoms with E-state index >= 15 is 0 Å². The Morgan fingerprint density at radius 1 is 0.906 bits per heavy atom. The summed E-state index contributed by atoms with van der Waals surface area (Å²) in [5.41, 5.74) is 3.51. The first kappa shape index (κ1) is 20.6. The van der Waals surface area contributed by atoms with Crippen molar-refractivity contribution in [3.8, 4) is 11.3 Å². The largest absolute Gasteiger partial charge is 0.354 e. The highest BCUT2D eigenvalue weighted by atomic mass is 32.2. The zero-order valence-corrected chi connectivity index (χ0v) is 18.8.